The van der Waals surface area contributed by atoms with Gasteiger partial charge in [0.25, 0.3) is 0 Å². The van der Waals surface area contributed by atoms with Gasteiger partial charge in [0.05, 0.1) is 0 Å². The third-order valence-corrected chi connectivity index (χ3v) is 3.77. The second-order valence-electron chi connectivity index (χ2n) is 5.22. The molecule has 1 saturated heterocycles. The molecule has 0 aromatic carbocycles. The maximum atomic E-state index is 12.2. The van der Waals surface area contributed by atoms with Gasteiger partial charge in [-0.1, -0.05) is 6.92 Å². The summed E-state index contributed by atoms with van der Waals surface area (Å²) in [5, 5.41) is 3.32. The molecule has 17 heavy (non-hydrogen) atoms. The largest absolute Gasteiger partial charge is 0.338 e. The van der Waals surface area contributed by atoms with Crippen LogP contribution in [0.3, 0.4) is 0 Å². The molecule has 1 fully saturated rings. The summed E-state index contributed by atoms with van der Waals surface area (Å²) in [6, 6.07) is 0. The summed E-state index contributed by atoms with van der Waals surface area (Å²) < 4.78 is 1.98. The van der Waals surface area contributed by atoms with Gasteiger partial charge < -0.3 is 9.88 Å². The van der Waals surface area contributed by atoms with E-state index in [1.54, 1.807) is 6.20 Å². The minimum Gasteiger partial charge on any atom is -0.338 e. The number of rotatable bonds is 4. The molecule has 0 bridgehead atoms. The standard InChI is InChI=1S/C13H21N3O/c1-13(6-3-7-14-10-13)11(17)4-5-12-15-8-9-16(12)2/h8-9,14H,3-7,10H2,1-2H3. The zero-order valence-electron chi connectivity index (χ0n) is 10.7. The number of hydrogen-bond acceptors (Lipinski definition) is 3. The number of aryl methyl sites for hydroxylation is 2. The molecule has 0 radical (unpaired) electrons. The van der Waals surface area contributed by atoms with Gasteiger partial charge in [-0.3, -0.25) is 4.79 Å². The number of carbonyl (C=O) groups is 1. The van der Waals surface area contributed by atoms with E-state index < -0.39 is 0 Å². The molecular weight excluding hydrogens is 214 g/mol. The zero-order valence-corrected chi connectivity index (χ0v) is 10.7. The fourth-order valence-corrected chi connectivity index (χ4v) is 2.46. The maximum Gasteiger partial charge on any atom is 0.140 e. The van der Waals surface area contributed by atoms with E-state index in [9.17, 15) is 4.79 Å². The second kappa shape index (κ2) is 5.00. The fraction of sp³-hybridized carbons (Fsp3) is 0.692. The average molecular weight is 235 g/mol. The van der Waals surface area contributed by atoms with Gasteiger partial charge in [0.1, 0.15) is 11.6 Å². The molecule has 1 aliphatic heterocycles. The predicted octanol–water partition coefficient (Wildman–Crippen LogP) is 1.31. The summed E-state index contributed by atoms with van der Waals surface area (Å²) in [5.41, 5.74) is -0.163. The summed E-state index contributed by atoms with van der Waals surface area (Å²) in [4.78, 5) is 16.5. The van der Waals surface area contributed by atoms with Gasteiger partial charge in [-0.2, -0.15) is 0 Å². The second-order valence-corrected chi connectivity index (χ2v) is 5.22. The number of piperidine rings is 1. The Labute approximate surface area is 102 Å². The van der Waals surface area contributed by atoms with E-state index in [-0.39, 0.29) is 5.41 Å². The van der Waals surface area contributed by atoms with Crippen molar-refractivity contribution in [2.45, 2.75) is 32.6 Å². The number of nitrogens with one attached hydrogen (secondary N) is 1. The molecule has 0 spiro atoms. The van der Waals surface area contributed by atoms with Crippen molar-refractivity contribution in [3.05, 3.63) is 18.2 Å². The maximum absolute atomic E-state index is 12.2. The Morgan fingerprint density at radius 2 is 2.47 bits per heavy atom. The third kappa shape index (κ3) is 2.75. The average Bonchev–Trinajstić information content (AvgIpc) is 2.73. The zero-order chi connectivity index (χ0) is 12.3. The van der Waals surface area contributed by atoms with E-state index in [1.165, 1.54) is 0 Å². The summed E-state index contributed by atoms with van der Waals surface area (Å²) >= 11 is 0. The highest BCUT2D eigenvalue weighted by Gasteiger charge is 2.33. The van der Waals surface area contributed by atoms with E-state index in [1.807, 2.05) is 17.8 Å². The number of aromatic nitrogens is 2. The number of imidazole rings is 1. The SMILES string of the molecule is Cn1ccnc1CCC(=O)C1(C)CCCNC1. The minimum atomic E-state index is -0.163. The van der Waals surface area contributed by atoms with Crippen LogP contribution in [-0.4, -0.2) is 28.4 Å². The smallest absolute Gasteiger partial charge is 0.140 e. The van der Waals surface area contributed by atoms with Crippen molar-refractivity contribution in [3.63, 3.8) is 0 Å². The van der Waals surface area contributed by atoms with Crippen LogP contribution in [0.5, 0.6) is 0 Å². The van der Waals surface area contributed by atoms with Crippen LogP contribution in [0.1, 0.15) is 32.0 Å². The molecule has 1 aromatic rings. The molecule has 4 heteroatoms. The first-order valence-electron chi connectivity index (χ1n) is 6.32. The molecule has 1 atom stereocenters. The molecule has 2 heterocycles. The lowest BCUT2D eigenvalue weighted by atomic mass is 9.77. The lowest BCUT2D eigenvalue weighted by molar-refractivity contribution is -0.128. The van der Waals surface area contributed by atoms with Gasteiger partial charge in [-0.25, -0.2) is 4.98 Å². The third-order valence-electron chi connectivity index (χ3n) is 3.77. The Kier molecular flexibility index (Phi) is 3.62. The normalized spacial score (nSPS) is 24.8. The van der Waals surface area contributed by atoms with E-state index >= 15 is 0 Å². The van der Waals surface area contributed by atoms with Gasteiger partial charge in [0.2, 0.25) is 0 Å². The van der Waals surface area contributed by atoms with Crippen molar-refractivity contribution < 1.29 is 4.79 Å². The molecule has 94 valence electrons. The van der Waals surface area contributed by atoms with Crippen molar-refractivity contribution >= 4 is 5.78 Å². The summed E-state index contributed by atoms with van der Waals surface area (Å²) in [6.07, 6.45) is 7.17. The van der Waals surface area contributed by atoms with E-state index in [0.717, 1.165) is 38.2 Å². The molecule has 0 amide bonds. The van der Waals surface area contributed by atoms with Gasteiger partial charge in [0, 0.05) is 44.2 Å². The topological polar surface area (TPSA) is 46.9 Å². The quantitative estimate of drug-likeness (QED) is 0.856. The van der Waals surface area contributed by atoms with Gasteiger partial charge in [-0.05, 0) is 19.4 Å². The van der Waals surface area contributed by atoms with Gasteiger partial charge >= 0.3 is 0 Å². The number of ketones is 1. The molecule has 1 aromatic heterocycles. The lowest BCUT2D eigenvalue weighted by Gasteiger charge is -2.32. The molecule has 4 nitrogen and oxygen atoms in total. The molecule has 1 unspecified atom stereocenters. The monoisotopic (exact) mass is 235 g/mol. The summed E-state index contributed by atoms with van der Waals surface area (Å²) in [5.74, 6) is 1.36. The van der Waals surface area contributed by atoms with Crippen molar-refractivity contribution in [3.8, 4) is 0 Å². The Balaban J connectivity index is 1.91. The van der Waals surface area contributed by atoms with E-state index in [4.69, 9.17) is 0 Å². The highest BCUT2D eigenvalue weighted by Crippen LogP contribution is 2.28. The highest BCUT2D eigenvalue weighted by molar-refractivity contribution is 5.84. The molecule has 1 aliphatic rings. The van der Waals surface area contributed by atoms with E-state index in [0.29, 0.717) is 12.2 Å². The highest BCUT2D eigenvalue weighted by atomic mass is 16.1. The first kappa shape index (κ1) is 12.3. The predicted molar refractivity (Wildman–Crippen MR) is 66.7 cm³/mol. The van der Waals surface area contributed by atoms with Crippen molar-refractivity contribution in [2.24, 2.45) is 12.5 Å². The number of nitrogens with zero attached hydrogens (tertiary/aromatic N) is 2. The minimum absolute atomic E-state index is 0.163. The molecule has 2 rings (SSSR count). The number of hydrogen-bond donors (Lipinski definition) is 1. The summed E-state index contributed by atoms with van der Waals surface area (Å²) in [6.45, 7) is 3.95. The van der Waals surface area contributed by atoms with Crippen LogP contribution in [-0.2, 0) is 18.3 Å². The van der Waals surface area contributed by atoms with Crippen LogP contribution in [0.4, 0.5) is 0 Å². The molecule has 0 saturated carbocycles. The molecule has 1 N–H and O–H groups in total. The Morgan fingerprint density at radius 3 is 3.06 bits per heavy atom. The first-order valence-corrected chi connectivity index (χ1v) is 6.32. The van der Waals surface area contributed by atoms with Gasteiger partial charge in [0.15, 0.2) is 0 Å². The first-order chi connectivity index (χ1) is 8.12. The van der Waals surface area contributed by atoms with Crippen LogP contribution < -0.4 is 5.32 Å². The number of carbonyl (C=O) groups excluding carboxylic acids is 1. The Hall–Kier alpha value is -1.16. The van der Waals surface area contributed by atoms with E-state index in [2.05, 4.69) is 17.2 Å². The summed E-state index contributed by atoms with van der Waals surface area (Å²) in [7, 11) is 1.97. The van der Waals surface area contributed by atoms with Crippen LogP contribution in [0.15, 0.2) is 12.4 Å². The van der Waals surface area contributed by atoms with Crippen LogP contribution >= 0.6 is 0 Å². The van der Waals surface area contributed by atoms with Crippen LogP contribution in [0.25, 0.3) is 0 Å². The molecular formula is C13H21N3O. The van der Waals surface area contributed by atoms with Crippen LogP contribution in [0.2, 0.25) is 0 Å². The lowest BCUT2D eigenvalue weighted by Crippen LogP contribution is -2.43. The molecule has 0 aliphatic carbocycles. The number of Topliss-reactive ketones (excluding diaryl/α,β-unsaturated/α-hetero) is 1. The van der Waals surface area contributed by atoms with Crippen molar-refractivity contribution in [2.75, 3.05) is 13.1 Å². The Bertz CT molecular complexity index is 391. The van der Waals surface area contributed by atoms with Crippen LogP contribution in [0, 0.1) is 5.41 Å². The Morgan fingerprint density at radius 1 is 1.65 bits per heavy atom. The van der Waals surface area contributed by atoms with Gasteiger partial charge in [-0.15, -0.1) is 0 Å². The van der Waals surface area contributed by atoms with Crippen molar-refractivity contribution in [1.82, 2.24) is 14.9 Å². The fourth-order valence-electron chi connectivity index (χ4n) is 2.46. The van der Waals surface area contributed by atoms with Crippen molar-refractivity contribution in [1.29, 1.82) is 0 Å².